The fourth-order valence-electron chi connectivity index (χ4n) is 3.75. The minimum Gasteiger partial charge on any atom is -0.348 e. The van der Waals surface area contributed by atoms with Crippen molar-refractivity contribution in [2.45, 2.75) is 38.9 Å². The lowest BCUT2D eigenvalue weighted by Gasteiger charge is -2.11. The molecule has 6 nitrogen and oxygen atoms in total. The normalized spacial score (nSPS) is 11.1. The van der Waals surface area contributed by atoms with Crippen LogP contribution in [0.15, 0.2) is 60.0 Å². The van der Waals surface area contributed by atoms with Crippen LogP contribution in [0, 0.1) is 19.7 Å². The van der Waals surface area contributed by atoms with Gasteiger partial charge in [-0.25, -0.2) is 4.39 Å². The Hall–Kier alpha value is -3.26. The summed E-state index contributed by atoms with van der Waals surface area (Å²) in [5.74, 6) is 0.264. The van der Waals surface area contributed by atoms with E-state index in [4.69, 9.17) is 0 Å². The number of benzene rings is 1. The second-order valence-corrected chi connectivity index (χ2v) is 8.43. The van der Waals surface area contributed by atoms with Crippen molar-refractivity contribution in [3.8, 4) is 17.1 Å². The third kappa shape index (κ3) is 4.23. The number of carbonyl (C=O) groups excluding carboxylic acids is 1. The molecule has 164 valence electrons. The first kappa shape index (κ1) is 22.0. The largest absolute Gasteiger partial charge is 0.348 e. The molecule has 0 aliphatic heterocycles. The van der Waals surface area contributed by atoms with Crippen molar-refractivity contribution < 1.29 is 9.18 Å². The molecule has 3 aromatic heterocycles. The molecule has 0 fully saturated rings. The van der Waals surface area contributed by atoms with Crippen LogP contribution in [0.3, 0.4) is 0 Å². The van der Waals surface area contributed by atoms with Gasteiger partial charge >= 0.3 is 0 Å². The van der Waals surface area contributed by atoms with E-state index in [1.54, 1.807) is 41.2 Å². The number of ketones is 1. The summed E-state index contributed by atoms with van der Waals surface area (Å²) < 4.78 is 18.5. The lowest BCUT2D eigenvalue weighted by molar-refractivity contribution is 0.102. The Morgan fingerprint density at radius 1 is 1.12 bits per heavy atom. The Morgan fingerprint density at radius 3 is 2.66 bits per heavy atom. The quantitative estimate of drug-likeness (QED) is 0.271. The van der Waals surface area contributed by atoms with Crippen molar-refractivity contribution in [1.29, 1.82) is 0 Å². The minimum atomic E-state index is -0.395. The summed E-state index contributed by atoms with van der Waals surface area (Å²) in [5.41, 5.74) is 3.80. The van der Waals surface area contributed by atoms with Gasteiger partial charge in [0.1, 0.15) is 5.82 Å². The average Bonchev–Trinajstić information content (AvgIpc) is 3.35. The number of hydrogen-bond acceptors (Lipinski definition) is 5. The Balaban J connectivity index is 1.66. The highest BCUT2D eigenvalue weighted by atomic mass is 32.2. The minimum absolute atomic E-state index is 0.0106. The number of nitrogens with zero attached hydrogens (tertiary/aromatic N) is 5. The molecule has 0 N–H and O–H groups in total. The fraction of sp³-hybridized carbons (Fsp3) is 0.250. The number of halogens is 1. The number of rotatable bonds is 8. The Kier molecular flexibility index (Phi) is 6.50. The Labute approximate surface area is 190 Å². The van der Waals surface area contributed by atoms with Crippen molar-refractivity contribution >= 4 is 17.5 Å². The number of carbonyl (C=O) groups is 1. The van der Waals surface area contributed by atoms with Gasteiger partial charge in [0.2, 0.25) is 0 Å². The SMILES string of the molecule is CCCn1c(C)cc(C(=O)CSc2nnc(-c3cccnc3)n2-c2ccccc2F)c1C. The number of aryl methyl sites for hydroxylation is 1. The molecular weight excluding hydrogens is 425 g/mol. The van der Waals surface area contributed by atoms with Gasteiger partial charge in [-0.05, 0) is 50.6 Å². The van der Waals surface area contributed by atoms with Crippen molar-refractivity contribution in [2.75, 3.05) is 5.75 Å². The smallest absolute Gasteiger partial charge is 0.196 e. The molecule has 4 aromatic rings. The van der Waals surface area contributed by atoms with Crippen LogP contribution in [-0.2, 0) is 6.54 Å². The van der Waals surface area contributed by atoms with E-state index in [1.165, 1.54) is 17.8 Å². The number of Topliss-reactive ketones (excluding diaryl/α,β-unsaturated/α-hetero) is 1. The first-order chi connectivity index (χ1) is 15.5. The predicted molar refractivity (Wildman–Crippen MR) is 124 cm³/mol. The van der Waals surface area contributed by atoms with Crippen molar-refractivity contribution in [2.24, 2.45) is 0 Å². The third-order valence-corrected chi connectivity index (χ3v) is 6.23. The highest BCUT2D eigenvalue weighted by molar-refractivity contribution is 7.99. The number of para-hydroxylation sites is 1. The fourth-order valence-corrected chi connectivity index (χ4v) is 4.58. The molecular formula is C24H24FN5OS. The van der Waals surface area contributed by atoms with Gasteiger partial charge in [0, 0.05) is 41.5 Å². The molecule has 0 saturated heterocycles. The van der Waals surface area contributed by atoms with E-state index in [2.05, 4.69) is 26.7 Å². The van der Waals surface area contributed by atoms with Gasteiger partial charge < -0.3 is 4.57 Å². The monoisotopic (exact) mass is 449 g/mol. The van der Waals surface area contributed by atoms with Gasteiger partial charge in [-0.15, -0.1) is 10.2 Å². The molecule has 0 atom stereocenters. The van der Waals surface area contributed by atoms with Crippen LogP contribution in [-0.4, -0.2) is 35.9 Å². The summed E-state index contributed by atoms with van der Waals surface area (Å²) in [6, 6.07) is 12.0. The molecule has 0 bridgehead atoms. The number of aromatic nitrogens is 5. The highest BCUT2D eigenvalue weighted by Crippen LogP contribution is 2.29. The molecule has 0 aliphatic rings. The maximum absolute atomic E-state index is 14.7. The van der Waals surface area contributed by atoms with Crippen LogP contribution in [0.25, 0.3) is 17.1 Å². The lowest BCUT2D eigenvalue weighted by atomic mass is 10.2. The first-order valence-electron chi connectivity index (χ1n) is 10.4. The van der Waals surface area contributed by atoms with E-state index in [0.717, 1.165) is 24.4 Å². The van der Waals surface area contributed by atoms with Crippen LogP contribution in [0.2, 0.25) is 0 Å². The maximum Gasteiger partial charge on any atom is 0.196 e. The van der Waals surface area contributed by atoms with E-state index in [-0.39, 0.29) is 11.5 Å². The molecule has 0 saturated carbocycles. The summed E-state index contributed by atoms with van der Waals surface area (Å²) in [6.07, 6.45) is 4.32. The second kappa shape index (κ2) is 9.48. The predicted octanol–water partition coefficient (Wildman–Crippen LogP) is 5.27. The zero-order chi connectivity index (χ0) is 22.7. The van der Waals surface area contributed by atoms with E-state index in [9.17, 15) is 9.18 Å². The van der Waals surface area contributed by atoms with Crippen LogP contribution in [0.5, 0.6) is 0 Å². The second-order valence-electron chi connectivity index (χ2n) is 7.48. The van der Waals surface area contributed by atoms with Crippen LogP contribution < -0.4 is 0 Å². The van der Waals surface area contributed by atoms with E-state index in [1.807, 2.05) is 26.0 Å². The molecule has 0 radical (unpaired) electrons. The van der Waals surface area contributed by atoms with E-state index in [0.29, 0.717) is 27.8 Å². The zero-order valence-corrected chi connectivity index (χ0v) is 19.1. The third-order valence-electron chi connectivity index (χ3n) is 5.30. The van der Waals surface area contributed by atoms with Crippen LogP contribution in [0.4, 0.5) is 4.39 Å². The molecule has 0 aliphatic carbocycles. The summed E-state index contributed by atoms with van der Waals surface area (Å²) in [5, 5.41) is 9.01. The van der Waals surface area contributed by atoms with Crippen LogP contribution >= 0.6 is 11.8 Å². The van der Waals surface area contributed by atoms with E-state index >= 15 is 0 Å². The van der Waals surface area contributed by atoms with Gasteiger partial charge in [-0.1, -0.05) is 30.8 Å². The topological polar surface area (TPSA) is 65.6 Å². The summed E-state index contributed by atoms with van der Waals surface area (Å²) in [6.45, 7) is 6.99. The maximum atomic E-state index is 14.7. The van der Waals surface area contributed by atoms with Gasteiger partial charge in [-0.2, -0.15) is 0 Å². The highest BCUT2D eigenvalue weighted by Gasteiger charge is 2.21. The average molecular weight is 450 g/mol. The van der Waals surface area contributed by atoms with Crippen molar-refractivity contribution in [1.82, 2.24) is 24.3 Å². The summed E-state index contributed by atoms with van der Waals surface area (Å²) in [7, 11) is 0. The molecule has 0 unspecified atom stereocenters. The van der Waals surface area contributed by atoms with Crippen molar-refractivity contribution in [3.63, 3.8) is 0 Å². The van der Waals surface area contributed by atoms with Crippen LogP contribution in [0.1, 0.15) is 35.1 Å². The molecule has 3 heterocycles. The lowest BCUT2D eigenvalue weighted by Crippen LogP contribution is -2.08. The van der Waals surface area contributed by atoms with Gasteiger partial charge in [-0.3, -0.25) is 14.3 Å². The molecule has 0 amide bonds. The summed E-state index contributed by atoms with van der Waals surface area (Å²) in [4.78, 5) is 17.2. The van der Waals surface area contributed by atoms with Gasteiger partial charge in [0.05, 0.1) is 11.4 Å². The molecule has 1 aromatic carbocycles. The van der Waals surface area contributed by atoms with Gasteiger partial charge in [0.25, 0.3) is 0 Å². The molecule has 8 heteroatoms. The Morgan fingerprint density at radius 2 is 1.94 bits per heavy atom. The zero-order valence-electron chi connectivity index (χ0n) is 18.2. The number of thioether (sulfide) groups is 1. The molecule has 0 spiro atoms. The number of hydrogen-bond donors (Lipinski definition) is 0. The molecule has 32 heavy (non-hydrogen) atoms. The first-order valence-corrected chi connectivity index (χ1v) is 11.4. The van der Waals surface area contributed by atoms with Gasteiger partial charge in [0.15, 0.2) is 16.8 Å². The summed E-state index contributed by atoms with van der Waals surface area (Å²) >= 11 is 1.25. The molecule has 4 rings (SSSR count). The van der Waals surface area contributed by atoms with E-state index < -0.39 is 5.82 Å². The number of pyridine rings is 1. The Bertz CT molecular complexity index is 1250. The standard InChI is InChI=1S/C24H24FN5OS/c1-4-12-29-16(2)13-19(17(29)3)22(31)15-32-24-28-27-23(18-8-7-11-26-14-18)30(24)21-10-6-5-9-20(21)25/h5-11,13-14H,4,12,15H2,1-3H3. The van der Waals surface area contributed by atoms with Crippen molar-refractivity contribution in [3.05, 3.63) is 77.6 Å².